The van der Waals surface area contributed by atoms with Gasteiger partial charge in [0, 0.05) is 44.0 Å². The maximum Gasteiger partial charge on any atom is 0.254 e. The first kappa shape index (κ1) is 16.8. The molecule has 3 saturated heterocycles. The van der Waals surface area contributed by atoms with Crippen molar-refractivity contribution in [3.63, 3.8) is 0 Å². The monoisotopic (exact) mass is 344 g/mol. The molecule has 1 aliphatic carbocycles. The summed E-state index contributed by atoms with van der Waals surface area (Å²) in [6.45, 7) is 5.76. The second-order valence-corrected chi connectivity index (χ2v) is 8.15. The molecule has 6 heteroatoms. The van der Waals surface area contributed by atoms with E-state index >= 15 is 0 Å². The molecular weight excluding hydrogens is 316 g/mol. The molecule has 2 bridgehead atoms. The molecule has 3 aliphatic heterocycles. The Labute approximate surface area is 148 Å². The number of piperidine rings is 1. The lowest BCUT2D eigenvalue weighted by atomic mass is 9.83. The Morgan fingerprint density at radius 3 is 2.80 bits per heavy atom. The predicted molar refractivity (Wildman–Crippen MR) is 95.3 cm³/mol. The van der Waals surface area contributed by atoms with Crippen molar-refractivity contribution < 1.29 is 4.79 Å². The second kappa shape index (κ2) is 6.90. The van der Waals surface area contributed by atoms with Crippen molar-refractivity contribution in [2.75, 3.05) is 26.2 Å². The van der Waals surface area contributed by atoms with Crippen LogP contribution in [0.3, 0.4) is 0 Å². The molecule has 1 amide bonds. The van der Waals surface area contributed by atoms with Gasteiger partial charge in [-0.3, -0.25) is 14.5 Å². The van der Waals surface area contributed by atoms with Crippen molar-refractivity contribution in [1.29, 1.82) is 0 Å². The van der Waals surface area contributed by atoms with Crippen LogP contribution in [-0.4, -0.2) is 57.9 Å². The Bertz CT molecular complexity index is 697. The van der Waals surface area contributed by atoms with Crippen LogP contribution >= 0.6 is 0 Å². The Morgan fingerprint density at radius 1 is 1.24 bits per heavy atom. The lowest BCUT2D eigenvalue weighted by molar-refractivity contribution is -0.130. The number of hydrogen-bond acceptors (Lipinski definition) is 4. The highest BCUT2D eigenvalue weighted by atomic mass is 16.2. The fourth-order valence-electron chi connectivity index (χ4n) is 4.52. The molecule has 25 heavy (non-hydrogen) atoms. The van der Waals surface area contributed by atoms with E-state index in [9.17, 15) is 9.59 Å². The van der Waals surface area contributed by atoms with Crippen molar-refractivity contribution in [2.24, 2.45) is 11.8 Å². The minimum Gasteiger partial charge on any atom is -0.341 e. The zero-order chi connectivity index (χ0) is 17.4. The number of aromatic amines is 1. The molecule has 0 radical (unpaired) electrons. The summed E-state index contributed by atoms with van der Waals surface area (Å²) >= 11 is 0. The van der Waals surface area contributed by atoms with E-state index < -0.39 is 0 Å². The Kier molecular flexibility index (Phi) is 4.63. The van der Waals surface area contributed by atoms with Gasteiger partial charge in [-0.15, -0.1) is 0 Å². The van der Waals surface area contributed by atoms with Gasteiger partial charge >= 0.3 is 0 Å². The predicted octanol–water partition coefficient (Wildman–Crippen LogP) is 1.34. The van der Waals surface area contributed by atoms with Crippen LogP contribution in [0.25, 0.3) is 0 Å². The zero-order valence-corrected chi connectivity index (χ0v) is 15.0. The first-order valence-corrected chi connectivity index (χ1v) is 9.65. The minimum absolute atomic E-state index is 0.0681. The van der Waals surface area contributed by atoms with Gasteiger partial charge in [-0.1, -0.05) is 6.42 Å². The Hall–Kier alpha value is -1.69. The lowest BCUT2D eigenvalue weighted by Gasteiger charge is -2.40. The number of carbonyl (C=O) groups excluding carboxylic acids is 1. The first-order valence-electron chi connectivity index (χ1n) is 9.65. The highest BCUT2D eigenvalue weighted by Gasteiger charge is 2.37. The van der Waals surface area contributed by atoms with Crippen molar-refractivity contribution in [3.8, 4) is 0 Å². The van der Waals surface area contributed by atoms with Crippen molar-refractivity contribution in [1.82, 2.24) is 19.8 Å². The van der Waals surface area contributed by atoms with E-state index in [0.717, 1.165) is 25.6 Å². The summed E-state index contributed by atoms with van der Waals surface area (Å²) < 4.78 is 0. The van der Waals surface area contributed by atoms with Gasteiger partial charge in [0.15, 0.2) is 0 Å². The third-order valence-electron chi connectivity index (χ3n) is 6.24. The Morgan fingerprint density at radius 2 is 2.08 bits per heavy atom. The van der Waals surface area contributed by atoms with Gasteiger partial charge in [-0.05, 0) is 44.4 Å². The van der Waals surface area contributed by atoms with Crippen molar-refractivity contribution >= 4 is 5.91 Å². The summed E-state index contributed by atoms with van der Waals surface area (Å²) in [6, 6.07) is 0.498. The van der Waals surface area contributed by atoms with Crippen LogP contribution in [0.2, 0.25) is 0 Å². The van der Waals surface area contributed by atoms with E-state index in [1.54, 1.807) is 13.1 Å². The van der Waals surface area contributed by atoms with Gasteiger partial charge in [0.05, 0.1) is 6.42 Å². The van der Waals surface area contributed by atoms with E-state index in [0.29, 0.717) is 23.3 Å². The molecule has 0 aromatic carbocycles. The zero-order valence-electron chi connectivity index (χ0n) is 15.0. The van der Waals surface area contributed by atoms with Gasteiger partial charge < -0.3 is 9.88 Å². The van der Waals surface area contributed by atoms with Crippen molar-refractivity contribution in [2.45, 2.75) is 51.5 Å². The van der Waals surface area contributed by atoms with Crippen LogP contribution in [0.4, 0.5) is 0 Å². The van der Waals surface area contributed by atoms with Crippen LogP contribution in [-0.2, 0) is 11.2 Å². The number of fused-ring (bicyclic) bond motifs is 4. The standard InChI is InChI=1S/C19H28N4O2/c1-13-20-8-16(19(25)21-13)7-18(24)23-11-15-5-6-17(12-23)22(10-15)9-14-3-2-4-14/h8,14-15,17H,2-7,9-12H2,1H3,(H,20,21,25)/t15-,17-/m1/s1. The van der Waals surface area contributed by atoms with Gasteiger partial charge in [0.25, 0.3) is 5.56 Å². The number of hydrogen-bond donors (Lipinski definition) is 1. The summed E-state index contributed by atoms with van der Waals surface area (Å²) in [7, 11) is 0. The number of amides is 1. The Balaban J connectivity index is 1.42. The minimum atomic E-state index is -0.190. The molecule has 4 heterocycles. The van der Waals surface area contributed by atoms with Gasteiger partial charge in [0.1, 0.15) is 5.82 Å². The van der Waals surface area contributed by atoms with Crippen molar-refractivity contribution in [3.05, 3.63) is 27.9 Å². The summed E-state index contributed by atoms with van der Waals surface area (Å²) in [4.78, 5) is 36.3. The summed E-state index contributed by atoms with van der Waals surface area (Å²) in [5, 5.41) is 0. The first-order chi connectivity index (χ1) is 12.1. The quantitative estimate of drug-likeness (QED) is 0.895. The third-order valence-corrected chi connectivity index (χ3v) is 6.24. The molecule has 4 aliphatic rings. The molecular formula is C19H28N4O2. The van der Waals surface area contributed by atoms with Crippen LogP contribution in [0.1, 0.15) is 43.5 Å². The van der Waals surface area contributed by atoms with Crippen LogP contribution in [0.5, 0.6) is 0 Å². The number of rotatable bonds is 4. The fourth-order valence-corrected chi connectivity index (χ4v) is 4.52. The van der Waals surface area contributed by atoms with Crippen LogP contribution in [0, 0.1) is 18.8 Å². The molecule has 0 unspecified atom stereocenters. The molecule has 4 fully saturated rings. The van der Waals surface area contributed by atoms with E-state index in [4.69, 9.17) is 0 Å². The number of aryl methyl sites for hydroxylation is 1. The fraction of sp³-hybridized carbons (Fsp3) is 0.737. The molecule has 1 N–H and O–H groups in total. The highest BCUT2D eigenvalue weighted by molar-refractivity contribution is 5.78. The number of carbonyl (C=O) groups is 1. The summed E-state index contributed by atoms with van der Waals surface area (Å²) in [5.41, 5.74) is 0.281. The van der Waals surface area contributed by atoms with Crippen LogP contribution < -0.4 is 5.56 Å². The normalized spacial score (nSPS) is 27.2. The third kappa shape index (κ3) is 3.64. The molecule has 136 valence electrons. The topological polar surface area (TPSA) is 69.3 Å². The number of nitrogens with zero attached hydrogens (tertiary/aromatic N) is 3. The summed E-state index contributed by atoms with van der Waals surface area (Å²) in [5.74, 6) is 2.11. The average Bonchev–Trinajstić information content (AvgIpc) is 2.85. The average molecular weight is 344 g/mol. The van der Waals surface area contributed by atoms with E-state index in [1.165, 1.54) is 38.6 Å². The summed E-state index contributed by atoms with van der Waals surface area (Å²) in [6.07, 6.45) is 8.26. The SMILES string of the molecule is Cc1ncc(CC(=O)N2C[C@@H]3CC[C@H](C2)N(CC2CCC2)C3)c(=O)[nH]1. The lowest BCUT2D eigenvalue weighted by Crippen LogP contribution is -2.47. The molecule has 1 saturated carbocycles. The number of nitrogens with one attached hydrogen (secondary N) is 1. The molecule has 0 spiro atoms. The van der Waals surface area contributed by atoms with Gasteiger partial charge in [-0.25, -0.2) is 4.98 Å². The molecule has 5 rings (SSSR count). The maximum atomic E-state index is 12.8. The largest absolute Gasteiger partial charge is 0.341 e. The maximum absolute atomic E-state index is 12.8. The molecule has 1 aromatic rings. The molecule has 6 nitrogen and oxygen atoms in total. The van der Waals surface area contributed by atoms with Gasteiger partial charge in [-0.2, -0.15) is 0 Å². The second-order valence-electron chi connectivity index (χ2n) is 8.15. The van der Waals surface area contributed by atoms with E-state index in [1.807, 2.05) is 4.90 Å². The number of aromatic nitrogens is 2. The molecule has 1 aromatic heterocycles. The highest BCUT2D eigenvalue weighted by Crippen LogP contribution is 2.33. The van der Waals surface area contributed by atoms with E-state index in [-0.39, 0.29) is 17.9 Å². The van der Waals surface area contributed by atoms with E-state index in [2.05, 4.69) is 14.9 Å². The van der Waals surface area contributed by atoms with Gasteiger partial charge in [0.2, 0.25) is 5.91 Å². The van der Waals surface area contributed by atoms with Crippen LogP contribution in [0.15, 0.2) is 11.0 Å². The smallest absolute Gasteiger partial charge is 0.254 e. The molecule has 2 atom stereocenters. The number of H-pyrrole nitrogens is 1.